The second kappa shape index (κ2) is 8.80. The predicted octanol–water partition coefficient (Wildman–Crippen LogP) is 5.70. The molecular weight excluding hydrogens is 448 g/mol. The van der Waals surface area contributed by atoms with Gasteiger partial charge in [0.05, 0.1) is 16.9 Å². The number of hydrogen-bond donors (Lipinski definition) is 0. The molecule has 0 amide bonds. The van der Waals surface area contributed by atoms with E-state index >= 15 is 0 Å². The van der Waals surface area contributed by atoms with Gasteiger partial charge in [-0.25, -0.2) is 9.67 Å². The van der Waals surface area contributed by atoms with Crippen LogP contribution in [0.1, 0.15) is 22.5 Å². The number of ether oxygens (including phenoxy) is 1. The van der Waals surface area contributed by atoms with Crippen molar-refractivity contribution in [3.8, 4) is 22.7 Å². The Morgan fingerprint density at radius 3 is 2.53 bits per heavy atom. The second-order valence-corrected chi connectivity index (χ2v) is 8.72. The molecule has 0 aliphatic rings. The first-order valence-electron chi connectivity index (χ1n) is 10.9. The first-order chi connectivity index (χ1) is 16.4. The summed E-state index contributed by atoms with van der Waals surface area (Å²) in [5.41, 5.74) is 5.95. The number of aryl methyl sites for hydroxylation is 3. The molecule has 5 rings (SSSR count). The molecule has 0 spiro atoms. The summed E-state index contributed by atoms with van der Waals surface area (Å²) < 4.78 is 9.37. The normalized spacial score (nSPS) is 11.2. The molecule has 0 saturated heterocycles. The lowest BCUT2D eigenvalue weighted by molar-refractivity contribution is 0.308. The van der Waals surface area contributed by atoms with E-state index in [1.165, 1.54) is 4.40 Å². The van der Waals surface area contributed by atoms with Crippen LogP contribution >= 0.6 is 11.6 Å². The Balaban J connectivity index is 1.55. The molecule has 0 N–H and O–H groups in total. The molecule has 0 radical (unpaired) electrons. The van der Waals surface area contributed by atoms with Crippen molar-refractivity contribution < 1.29 is 4.74 Å². The van der Waals surface area contributed by atoms with Gasteiger partial charge in [-0.1, -0.05) is 35.9 Å². The lowest BCUT2D eigenvalue weighted by atomic mass is 10.1. The Kier molecular flexibility index (Phi) is 5.67. The molecule has 0 fully saturated rings. The molecule has 6 nitrogen and oxygen atoms in total. The fourth-order valence-electron chi connectivity index (χ4n) is 4.01. The van der Waals surface area contributed by atoms with Gasteiger partial charge in [0.1, 0.15) is 12.3 Å². The Bertz CT molecular complexity index is 1570. The molecule has 0 unspecified atom stereocenters. The van der Waals surface area contributed by atoms with Gasteiger partial charge in [-0.05, 0) is 74.4 Å². The van der Waals surface area contributed by atoms with Crippen LogP contribution in [0.5, 0.6) is 5.75 Å². The third-order valence-corrected chi connectivity index (χ3v) is 5.95. The Hall–Kier alpha value is -3.90. The molecule has 3 heterocycles. The fourth-order valence-corrected chi connectivity index (χ4v) is 4.14. The maximum absolute atomic E-state index is 13.5. The topological polar surface area (TPSA) is 61.4 Å². The van der Waals surface area contributed by atoms with Gasteiger partial charge in [0.15, 0.2) is 11.4 Å². The maximum Gasteiger partial charge on any atom is 0.267 e. The van der Waals surface area contributed by atoms with E-state index in [2.05, 4.69) is 6.07 Å². The summed E-state index contributed by atoms with van der Waals surface area (Å²) in [6.45, 7) is 6.18. The molecule has 34 heavy (non-hydrogen) atoms. The summed E-state index contributed by atoms with van der Waals surface area (Å²) in [6.07, 6.45) is 1.70. The molecule has 0 atom stereocenters. The van der Waals surface area contributed by atoms with Crippen molar-refractivity contribution in [3.63, 3.8) is 0 Å². The number of fused-ring (bicyclic) bond motifs is 1. The van der Waals surface area contributed by atoms with E-state index in [-0.39, 0.29) is 5.56 Å². The van der Waals surface area contributed by atoms with Crippen LogP contribution in [0, 0.1) is 20.8 Å². The maximum atomic E-state index is 13.5. The number of benzene rings is 2. The van der Waals surface area contributed by atoms with Crippen LogP contribution in [-0.2, 0) is 6.61 Å². The van der Waals surface area contributed by atoms with Crippen molar-refractivity contribution in [2.45, 2.75) is 27.4 Å². The van der Waals surface area contributed by atoms with E-state index in [1.54, 1.807) is 12.3 Å². The van der Waals surface area contributed by atoms with Gasteiger partial charge < -0.3 is 4.74 Å². The molecule has 3 aromatic heterocycles. The minimum Gasteiger partial charge on any atom is -0.485 e. The van der Waals surface area contributed by atoms with E-state index in [0.717, 1.165) is 22.5 Å². The highest BCUT2D eigenvalue weighted by atomic mass is 35.5. The summed E-state index contributed by atoms with van der Waals surface area (Å²) in [7, 11) is 0. The highest BCUT2D eigenvalue weighted by molar-refractivity contribution is 6.30. The van der Waals surface area contributed by atoms with Crippen molar-refractivity contribution in [1.29, 1.82) is 0 Å². The van der Waals surface area contributed by atoms with Crippen LogP contribution in [0.3, 0.4) is 0 Å². The van der Waals surface area contributed by atoms with Crippen molar-refractivity contribution in [1.82, 2.24) is 19.2 Å². The zero-order valence-electron chi connectivity index (χ0n) is 19.1. The van der Waals surface area contributed by atoms with Crippen LogP contribution < -0.4 is 10.3 Å². The van der Waals surface area contributed by atoms with Crippen LogP contribution in [0.4, 0.5) is 0 Å². The molecule has 5 aromatic rings. The number of aromatic nitrogens is 4. The highest BCUT2D eigenvalue weighted by Gasteiger charge is 2.18. The number of nitrogens with zero attached hydrogens (tertiary/aromatic N) is 4. The molecule has 0 saturated carbocycles. The Morgan fingerprint density at radius 2 is 1.76 bits per heavy atom. The van der Waals surface area contributed by atoms with E-state index in [1.807, 2.05) is 80.1 Å². The lowest BCUT2D eigenvalue weighted by Crippen LogP contribution is -2.19. The standard InChI is InChI=1S/C27H23ClN4O2/c1-17-6-4-7-22(14-17)32-18(2)15-23(30-32)25-19(3)29-26-24(8-5-13-31(26)27(25)33)34-16-20-9-11-21(28)12-10-20/h4-15H,16H2,1-3H3. The fraction of sp³-hybridized carbons (Fsp3) is 0.148. The van der Waals surface area contributed by atoms with Gasteiger partial charge in [-0.15, -0.1) is 0 Å². The van der Waals surface area contributed by atoms with Crippen molar-refractivity contribution in [2.24, 2.45) is 0 Å². The molecule has 170 valence electrons. The number of rotatable bonds is 5. The number of pyridine rings is 1. The Morgan fingerprint density at radius 1 is 0.971 bits per heavy atom. The van der Waals surface area contributed by atoms with Crippen LogP contribution in [0.15, 0.2) is 77.7 Å². The quantitative estimate of drug-likeness (QED) is 0.330. The van der Waals surface area contributed by atoms with Crippen molar-refractivity contribution >= 4 is 17.2 Å². The third kappa shape index (κ3) is 4.08. The summed E-state index contributed by atoms with van der Waals surface area (Å²) in [5, 5.41) is 5.42. The number of halogens is 1. The zero-order chi connectivity index (χ0) is 23.8. The van der Waals surface area contributed by atoms with Crippen LogP contribution in [0.25, 0.3) is 22.6 Å². The molecule has 2 aromatic carbocycles. The number of hydrogen-bond acceptors (Lipinski definition) is 4. The monoisotopic (exact) mass is 470 g/mol. The largest absolute Gasteiger partial charge is 0.485 e. The minimum absolute atomic E-state index is 0.187. The lowest BCUT2D eigenvalue weighted by Gasteiger charge is -2.12. The van der Waals surface area contributed by atoms with E-state index in [9.17, 15) is 4.79 Å². The van der Waals surface area contributed by atoms with E-state index in [0.29, 0.717) is 40.0 Å². The SMILES string of the molecule is Cc1cccc(-n2nc(-c3c(C)nc4c(OCc5ccc(Cl)cc5)cccn4c3=O)cc2C)c1. The van der Waals surface area contributed by atoms with E-state index < -0.39 is 0 Å². The first-order valence-corrected chi connectivity index (χ1v) is 11.3. The van der Waals surface area contributed by atoms with Crippen LogP contribution in [-0.4, -0.2) is 19.2 Å². The predicted molar refractivity (Wildman–Crippen MR) is 134 cm³/mol. The molecule has 0 aliphatic heterocycles. The Labute approximate surface area is 202 Å². The van der Waals surface area contributed by atoms with Crippen molar-refractivity contribution in [3.05, 3.63) is 111 Å². The summed E-state index contributed by atoms with van der Waals surface area (Å²) >= 11 is 5.96. The second-order valence-electron chi connectivity index (χ2n) is 8.28. The van der Waals surface area contributed by atoms with Gasteiger partial charge in [-0.2, -0.15) is 5.10 Å². The van der Waals surface area contributed by atoms with Gasteiger partial charge in [0.25, 0.3) is 5.56 Å². The summed E-state index contributed by atoms with van der Waals surface area (Å²) in [6, 6.07) is 21.1. The average Bonchev–Trinajstić information content (AvgIpc) is 3.20. The molecular formula is C27H23ClN4O2. The molecule has 7 heteroatoms. The zero-order valence-corrected chi connectivity index (χ0v) is 19.9. The average molecular weight is 471 g/mol. The first kappa shape index (κ1) is 21.9. The smallest absolute Gasteiger partial charge is 0.267 e. The highest BCUT2D eigenvalue weighted by Crippen LogP contribution is 2.25. The third-order valence-electron chi connectivity index (χ3n) is 5.70. The van der Waals surface area contributed by atoms with Gasteiger partial charge in [-0.3, -0.25) is 9.20 Å². The summed E-state index contributed by atoms with van der Waals surface area (Å²) in [5.74, 6) is 0.533. The molecule has 0 bridgehead atoms. The van der Waals surface area contributed by atoms with E-state index in [4.69, 9.17) is 26.4 Å². The van der Waals surface area contributed by atoms with Crippen molar-refractivity contribution in [2.75, 3.05) is 0 Å². The van der Waals surface area contributed by atoms with Gasteiger partial charge >= 0.3 is 0 Å². The van der Waals surface area contributed by atoms with Gasteiger partial charge in [0.2, 0.25) is 0 Å². The summed E-state index contributed by atoms with van der Waals surface area (Å²) in [4.78, 5) is 18.3. The van der Waals surface area contributed by atoms with Gasteiger partial charge in [0, 0.05) is 16.9 Å². The minimum atomic E-state index is -0.187. The van der Waals surface area contributed by atoms with Crippen LogP contribution in [0.2, 0.25) is 5.02 Å². The molecule has 0 aliphatic carbocycles.